The Balaban J connectivity index is 0.00000314. The van der Waals surface area contributed by atoms with Gasteiger partial charge in [0.25, 0.3) is 0 Å². The van der Waals surface area contributed by atoms with Gasteiger partial charge in [0.1, 0.15) is 0 Å². The largest absolute Gasteiger partial charge is 1.00 e. The first-order valence-electron chi connectivity index (χ1n) is 18.1. The van der Waals surface area contributed by atoms with Crippen molar-refractivity contribution in [2.24, 2.45) is 17.3 Å². The van der Waals surface area contributed by atoms with Crippen LogP contribution in [0.2, 0.25) is 0 Å². The molecule has 6 rings (SSSR count). The Hall–Kier alpha value is 0.200. The van der Waals surface area contributed by atoms with Gasteiger partial charge in [0.15, 0.2) is 0 Å². The van der Waals surface area contributed by atoms with E-state index in [1.54, 1.807) is 0 Å². The van der Waals surface area contributed by atoms with E-state index in [1.165, 1.54) is 58.1 Å². The minimum atomic E-state index is -0.635. The molecule has 2 aliphatic rings. The molecule has 0 unspecified atom stereocenters. The van der Waals surface area contributed by atoms with E-state index < -0.39 is 15.8 Å². The summed E-state index contributed by atoms with van der Waals surface area (Å²) in [5, 5.41) is 34.9. The molecule has 6 nitrogen and oxygen atoms in total. The third-order valence-corrected chi connectivity index (χ3v) is 18.1. The molecule has 0 aliphatic heterocycles. The van der Waals surface area contributed by atoms with Crippen molar-refractivity contribution in [2.75, 3.05) is 12.3 Å². The fourth-order valence-electron chi connectivity index (χ4n) is 8.39. The van der Waals surface area contributed by atoms with Crippen LogP contribution in [0.15, 0.2) is 121 Å². The van der Waals surface area contributed by atoms with E-state index in [2.05, 4.69) is 131 Å². The fourth-order valence-corrected chi connectivity index (χ4v) is 15.3. The Morgan fingerprint density at radius 3 is 1.02 bits per heavy atom. The second-order valence-corrected chi connectivity index (χ2v) is 20.6. The molecular weight excluding hydrogens is 761 g/mol. The van der Waals surface area contributed by atoms with E-state index in [0.29, 0.717) is 11.8 Å². The van der Waals surface area contributed by atoms with Crippen LogP contribution >= 0.6 is 39.9 Å². The third kappa shape index (κ3) is 14.2. The van der Waals surface area contributed by atoms with Gasteiger partial charge in [-0.3, -0.25) is 10.1 Å². The quantitative estimate of drug-likeness (QED) is 0.0497. The van der Waals surface area contributed by atoms with E-state index >= 15 is 0 Å². The van der Waals surface area contributed by atoms with Crippen molar-refractivity contribution in [2.45, 2.75) is 74.7 Å². The molecule has 0 saturated heterocycles. The van der Waals surface area contributed by atoms with Crippen LogP contribution in [0.25, 0.3) is 0 Å². The molecule has 4 aromatic carbocycles. The molecular formula is C41H48Na2O6P2S2. The van der Waals surface area contributed by atoms with Crippen LogP contribution < -0.4 is 90.8 Å². The zero-order chi connectivity index (χ0) is 35.1. The Bertz CT molecular complexity index is 1340. The molecule has 2 aliphatic carbocycles. The SMILES string of the molecule is [Na+].[Na+].[O-]OOSC1CCC(CC(CC2CCC(SOO[O-])CC2)(CP(c2ccccc2)c2ccccc2)CP(c2ccccc2)c2ccccc2)CC1. The molecule has 0 aromatic heterocycles. The van der Waals surface area contributed by atoms with E-state index in [0.717, 1.165) is 63.7 Å². The summed E-state index contributed by atoms with van der Waals surface area (Å²) in [7, 11) is -1.27. The van der Waals surface area contributed by atoms with E-state index in [1.807, 2.05) is 0 Å². The molecule has 0 bridgehead atoms. The molecule has 0 atom stereocenters. The molecule has 0 radical (unpaired) electrons. The smallest absolute Gasteiger partial charge is 0.691 e. The fraction of sp³-hybridized carbons (Fsp3) is 0.415. The maximum absolute atomic E-state index is 10.6. The van der Waals surface area contributed by atoms with Crippen molar-refractivity contribution < 1.29 is 88.4 Å². The number of hydrogen-bond donors (Lipinski definition) is 0. The number of benzene rings is 4. The Kier molecular flexibility index (Phi) is 21.5. The molecule has 0 heterocycles. The molecule has 0 spiro atoms. The van der Waals surface area contributed by atoms with Gasteiger partial charge in [-0.05, 0) is 131 Å². The van der Waals surface area contributed by atoms with Gasteiger partial charge in [-0.25, -0.2) is 0 Å². The second-order valence-electron chi connectivity index (χ2n) is 14.2. The van der Waals surface area contributed by atoms with Gasteiger partial charge in [0, 0.05) is 34.6 Å². The van der Waals surface area contributed by atoms with Crippen LogP contribution in [-0.4, -0.2) is 22.8 Å². The van der Waals surface area contributed by atoms with Crippen LogP contribution in [-0.2, 0) is 18.7 Å². The predicted molar refractivity (Wildman–Crippen MR) is 211 cm³/mol. The van der Waals surface area contributed by atoms with Gasteiger partial charge in [0.05, 0.1) is 0 Å². The summed E-state index contributed by atoms with van der Waals surface area (Å²) in [5.74, 6) is 1.19. The monoisotopic (exact) mass is 808 g/mol. The first-order valence-corrected chi connectivity index (χ1v) is 22.8. The Morgan fingerprint density at radius 2 is 0.755 bits per heavy atom. The van der Waals surface area contributed by atoms with Crippen LogP contribution in [0.5, 0.6) is 0 Å². The number of hydrogen-bond acceptors (Lipinski definition) is 8. The number of rotatable bonds is 18. The van der Waals surface area contributed by atoms with Crippen molar-refractivity contribution in [3.63, 3.8) is 0 Å². The van der Waals surface area contributed by atoms with Crippen LogP contribution in [0, 0.1) is 17.3 Å². The zero-order valence-electron chi connectivity index (χ0n) is 31.0. The summed E-state index contributed by atoms with van der Waals surface area (Å²) in [4.78, 5) is 0. The summed E-state index contributed by atoms with van der Waals surface area (Å²) in [6, 6.07) is 45.0. The Labute approximate surface area is 371 Å². The van der Waals surface area contributed by atoms with E-state index in [9.17, 15) is 10.5 Å². The zero-order valence-corrected chi connectivity index (χ0v) is 38.4. The summed E-state index contributed by atoms with van der Waals surface area (Å²) in [6.45, 7) is 0. The summed E-state index contributed by atoms with van der Waals surface area (Å²) in [5.41, 5.74) is 0.0767. The maximum atomic E-state index is 10.6. The molecule has 4 aromatic rings. The van der Waals surface area contributed by atoms with E-state index in [-0.39, 0.29) is 75.0 Å². The molecule has 0 amide bonds. The van der Waals surface area contributed by atoms with Gasteiger partial charge < -0.3 is 10.5 Å². The van der Waals surface area contributed by atoms with Gasteiger partial charge in [0.2, 0.25) is 0 Å². The van der Waals surface area contributed by atoms with Crippen LogP contribution in [0.4, 0.5) is 0 Å². The van der Waals surface area contributed by atoms with E-state index in [4.69, 9.17) is 8.67 Å². The standard InChI is InChI=1S/C41H50O6P2S2.2Na/c42-44-46-50-39-25-21-33(22-26-39)29-41(30-34-23-27-40(28-24-34)51-47-45-43,31-48(35-13-5-1-6-14-35)36-15-7-2-8-16-36)32-49(37-17-9-3-10-18-37)38-19-11-4-12-20-38;;/h1-20,33-34,39-40,42-43H,21-32H2;;/q;2*+1/p-2. The summed E-state index contributed by atoms with van der Waals surface area (Å²) < 4.78 is 9.55. The summed E-state index contributed by atoms with van der Waals surface area (Å²) >= 11 is 2.39. The normalized spacial score (nSPS) is 20.5. The summed E-state index contributed by atoms with van der Waals surface area (Å²) in [6.07, 6.45) is 13.2. The van der Waals surface area contributed by atoms with Gasteiger partial charge in [-0.15, -0.1) is 0 Å². The van der Waals surface area contributed by atoms with Crippen LogP contribution in [0.3, 0.4) is 0 Å². The molecule has 0 N–H and O–H groups in total. The second kappa shape index (κ2) is 24.9. The first kappa shape index (κ1) is 45.9. The van der Waals surface area contributed by atoms with Crippen LogP contribution in [0.1, 0.15) is 64.2 Å². The topological polar surface area (TPSA) is 83.0 Å². The first-order chi connectivity index (χ1) is 25.1. The average molecular weight is 809 g/mol. The van der Waals surface area contributed by atoms with Crippen molar-refractivity contribution in [3.8, 4) is 0 Å². The van der Waals surface area contributed by atoms with Gasteiger partial charge >= 0.3 is 59.1 Å². The Morgan fingerprint density at radius 1 is 0.472 bits per heavy atom. The van der Waals surface area contributed by atoms with Crippen molar-refractivity contribution in [1.82, 2.24) is 0 Å². The third-order valence-electron chi connectivity index (χ3n) is 10.7. The van der Waals surface area contributed by atoms with Crippen molar-refractivity contribution in [1.29, 1.82) is 0 Å². The molecule has 53 heavy (non-hydrogen) atoms. The van der Waals surface area contributed by atoms with Crippen molar-refractivity contribution >= 4 is 61.1 Å². The molecule has 2 saturated carbocycles. The predicted octanol–water partition coefficient (Wildman–Crippen LogP) is 1.89. The minimum Gasteiger partial charge on any atom is -0.691 e. The minimum absolute atomic E-state index is 0. The molecule has 272 valence electrons. The molecule has 12 heteroatoms. The van der Waals surface area contributed by atoms with Gasteiger partial charge in [-0.1, -0.05) is 121 Å². The maximum Gasteiger partial charge on any atom is 1.00 e. The van der Waals surface area contributed by atoms with Crippen molar-refractivity contribution in [3.05, 3.63) is 121 Å². The average Bonchev–Trinajstić information content (AvgIpc) is 3.20. The molecule has 2 fully saturated rings. The van der Waals surface area contributed by atoms with Gasteiger partial charge in [-0.2, -0.15) is 8.67 Å².